The number of nitrogens with one attached hydrogen (secondary N) is 1. The Hall–Kier alpha value is -2.94. The standard InChI is InChI=1S/C21H18IN3O3/c22-19-10-4-9-18(12-19)20(26)24-28-21(27)25(14-16-6-2-1-3-7-16)15-17-8-5-11-23-13-17/h1-13H,14-15H2,(H,24,26). The Kier molecular flexibility index (Phi) is 6.96. The Balaban J connectivity index is 1.67. The van der Waals surface area contributed by atoms with Gasteiger partial charge in [0, 0.05) is 28.1 Å². The van der Waals surface area contributed by atoms with Gasteiger partial charge >= 0.3 is 6.09 Å². The lowest BCUT2D eigenvalue weighted by Gasteiger charge is -2.22. The zero-order chi connectivity index (χ0) is 19.8. The first-order valence-electron chi connectivity index (χ1n) is 8.56. The van der Waals surface area contributed by atoms with Gasteiger partial charge in [0.1, 0.15) is 0 Å². The SMILES string of the molecule is O=C(NOC(=O)N(Cc1ccccc1)Cc1cccnc1)c1cccc(I)c1. The van der Waals surface area contributed by atoms with E-state index >= 15 is 0 Å². The molecule has 0 atom stereocenters. The lowest BCUT2D eigenvalue weighted by molar-refractivity contribution is 0.0397. The van der Waals surface area contributed by atoms with E-state index in [9.17, 15) is 9.59 Å². The molecule has 2 amide bonds. The number of nitrogens with zero attached hydrogens (tertiary/aromatic N) is 2. The van der Waals surface area contributed by atoms with Crippen molar-refractivity contribution in [3.63, 3.8) is 0 Å². The topological polar surface area (TPSA) is 71.5 Å². The van der Waals surface area contributed by atoms with Crippen LogP contribution >= 0.6 is 22.6 Å². The maximum atomic E-state index is 12.6. The van der Waals surface area contributed by atoms with Crippen molar-refractivity contribution in [1.82, 2.24) is 15.4 Å². The molecular formula is C21H18IN3O3. The molecule has 3 rings (SSSR count). The first-order chi connectivity index (χ1) is 13.6. The molecule has 0 saturated carbocycles. The van der Waals surface area contributed by atoms with Crippen LogP contribution in [0, 0.1) is 3.57 Å². The number of halogens is 1. The third-order valence-corrected chi connectivity index (χ3v) is 4.56. The van der Waals surface area contributed by atoms with Crippen molar-refractivity contribution in [2.45, 2.75) is 13.1 Å². The van der Waals surface area contributed by atoms with E-state index in [2.05, 4.69) is 33.1 Å². The van der Waals surface area contributed by atoms with Crippen LogP contribution in [0.4, 0.5) is 4.79 Å². The number of pyridine rings is 1. The summed E-state index contributed by atoms with van der Waals surface area (Å²) in [5, 5.41) is 0. The van der Waals surface area contributed by atoms with E-state index in [0.717, 1.165) is 14.7 Å². The molecule has 0 unspecified atom stereocenters. The number of hydroxylamine groups is 1. The van der Waals surface area contributed by atoms with Gasteiger partial charge in [0.15, 0.2) is 0 Å². The summed E-state index contributed by atoms with van der Waals surface area (Å²) in [4.78, 5) is 35.5. The van der Waals surface area contributed by atoms with Crippen molar-refractivity contribution in [3.8, 4) is 0 Å². The fourth-order valence-electron chi connectivity index (χ4n) is 2.54. The maximum Gasteiger partial charge on any atom is 0.434 e. The molecule has 0 fully saturated rings. The largest absolute Gasteiger partial charge is 0.434 e. The molecule has 0 aliphatic rings. The number of benzene rings is 2. The van der Waals surface area contributed by atoms with Crippen LogP contribution in [0.3, 0.4) is 0 Å². The molecule has 0 radical (unpaired) electrons. The van der Waals surface area contributed by atoms with Gasteiger partial charge < -0.3 is 4.84 Å². The van der Waals surface area contributed by atoms with Gasteiger partial charge in [-0.1, -0.05) is 42.5 Å². The quantitative estimate of drug-likeness (QED) is 0.433. The second-order valence-electron chi connectivity index (χ2n) is 6.01. The van der Waals surface area contributed by atoms with Crippen molar-refractivity contribution < 1.29 is 14.4 Å². The van der Waals surface area contributed by atoms with E-state index in [1.54, 1.807) is 36.7 Å². The van der Waals surface area contributed by atoms with E-state index in [1.807, 2.05) is 42.5 Å². The molecule has 142 valence electrons. The van der Waals surface area contributed by atoms with E-state index in [0.29, 0.717) is 18.7 Å². The highest BCUT2D eigenvalue weighted by atomic mass is 127. The van der Waals surface area contributed by atoms with Gasteiger partial charge in [0.25, 0.3) is 5.91 Å². The minimum atomic E-state index is -0.647. The number of carbonyl (C=O) groups is 2. The van der Waals surface area contributed by atoms with E-state index < -0.39 is 12.0 Å². The number of hydrogen-bond acceptors (Lipinski definition) is 4. The van der Waals surface area contributed by atoms with Gasteiger partial charge in [-0.3, -0.25) is 14.7 Å². The lowest BCUT2D eigenvalue weighted by atomic mass is 10.2. The van der Waals surface area contributed by atoms with Crippen molar-refractivity contribution in [2.75, 3.05) is 0 Å². The maximum absolute atomic E-state index is 12.6. The van der Waals surface area contributed by atoms with Gasteiger partial charge in [-0.05, 0) is 58.0 Å². The minimum Gasteiger partial charge on any atom is -0.321 e. The van der Waals surface area contributed by atoms with Crippen molar-refractivity contribution in [2.24, 2.45) is 0 Å². The third kappa shape index (κ3) is 5.78. The smallest absolute Gasteiger partial charge is 0.321 e. The zero-order valence-electron chi connectivity index (χ0n) is 14.9. The van der Waals surface area contributed by atoms with Crippen LogP contribution in [0.15, 0.2) is 79.1 Å². The Morgan fingerprint density at radius 1 is 0.964 bits per heavy atom. The summed E-state index contributed by atoms with van der Waals surface area (Å²) in [6.45, 7) is 0.647. The van der Waals surface area contributed by atoms with Crippen LogP contribution < -0.4 is 5.48 Å². The van der Waals surface area contributed by atoms with Crippen molar-refractivity contribution in [3.05, 3.63) is 99.4 Å². The summed E-state index contributed by atoms with van der Waals surface area (Å²) in [6.07, 6.45) is 2.72. The summed E-state index contributed by atoms with van der Waals surface area (Å²) in [5.74, 6) is -0.479. The fourth-order valence-corrected chi connectivity index (χ4v) is 3.09. The van der Waals surface area contributed by atoms with Crippen LogP contribution in [0.25, 0.3) is 0 Å². The first-order valence-corrected chi connectivity index (χ1v) is 9.64. The highest BCUT2D eigenvalue weighted by Crippen LogP contribution is 2.11. The molecule has 1 heterocycles. The molecule has 3 aromatic rings. The monoisotopic (exact) mass is 487 g/mol. The number of carbonyl (C=O) groups excluding carboxylic acids is 2. The fraction of sp³-hybridized carbons (Fsp3) is 0.0952. The summed E-state index contributed by atoms with van der Waals surface area (Å²) in [5.41, 5.74) is 4.46. The Morgan fingerprint density at radius 3 is 2.43 bits per heavy atom. The van der Waals surface area contributed by atoms with Crippen molar-refractivity contribution in [1.29, 1.82) is 0 Å². The Labute approximate surface area is 176 Å². The molecule has 0 aliphatic carbocycles. The summed E-state index contributed by atoms with van der Waals surface area (Å²) in [7, 11) is 0. The van der Waals surface area contributed by atoms with Gasteiger partial charge in [-0.2, -0.15) is 5.48 Å². The average molecular weight is 487 g/mol. The summed E-state index contributed by atoms with van der Waals surface area (Å²) < 4.78 is 0.916. The van der Waals surface area contributed by atoms with Crippen LogP contribution in [-0.2, 0) is 17.9 Å². The Morgan fingerprint density at radius 2 is 1.71 bits per heavy atom. The third-order valence-electron chi connectivity index (χ3n) is 3.89. The number of aromatic nitrogens is 1. The molecule has 0 bridgehead atoms. The molecule has 1 aromatic heterocycles. The molecule has 7 heteroatoms. The lowest BCUT2D eigenvalue weighted by Crippen LogP contribution is -2.36. The molecule has 0 spiro atoms. The second-order valence-corrected chi connectivity index (χ2v) is 7.26. The predicted octanol–water partition coefficient (Wildman–Crippen LogP) is 4.17. The molecule has 1 N–H and O–H groups in total. The highest BCUT2D eigenvalue weighted by Gasteiger charge is 2.18. The highest BCUT2D eigenvalue weighted by molar-refractivity contribution is 14.1. The normalized spacial score (nSPS) is 10.2. The van der Waals surface area contributed by atoms with E-state index in [-0.39, 0.29) is 0 Å². The minimum absolute atomic E-state index is 0.306. The number of amides is 2. The van der Waals surface area contributed by atoms with Gasteiger partial charge in [-0.25, -0.2) is 4.79 Å². The van der Waals surface area contributed by atoms with E-state index in [1.165, 1.54) is 4.90 Å². The average Bonchev–Trinajstić information content (AvgIpc) is 2.73. The predicted molar refractivity (Wildman–Crippen MR) is 113 cm³/mol. The summed E-state index contributed by atoms with van der Waals surface area (Å²) >= 11 is 2.11. The van der Waals surface area contributed by atoms with Gasteiger partial charge in [0.05, 0.1) is 6.54 Å². The van der Waals surface area contributed by atoms with Crippen LogP contribution in [-0.4, -0.2) is 21.9 Å². The molecule has 0 aliphatic heterocycles. The van der Waals surface area contributed by atoms with Crippen molar-refractivity contribution >= 4 is 34.6 Å². The van der Waals surface area contributed by atoms with Crippen LogP contribution in [0.1, 0.15) is 21.5 Å². The molecular weight excluding hydrogens is 469 g/mol. The molecule has 2 aromatic carbocycles. The second kappa shape index (κ2) is 9.84. The number of hydrogen-bond donors (Lipinski definition) is 1. The molecule has 6 nitrogen and oxygen atoms in total. The Bertz CT molecular complexity index is 894. The zero-order valence-corrected chi connectivity index (χ0v) is 17.1. The van der Waals surface area contributed by atoms with Crippen LogP contribution in [0.5, 0.6) is 0 Å². The number of rotatable bonds is 5. The van der Waals surface area contributed by atoms with E-state index in [4.69, 9.17) is 4.84 Å². The van der Waals surface area contributed by atoms with Gasteiger partial charge in [-0.15, -0.1) is 0 Å². The van der Waals surface area contributed by atoms with Crippen LogP contribution in [0.2, 0.25) is 0 Å². The van der Waals surface area contributed by atoms with Gasteiger partial charge in [0.2, 0.25) is 0 Å². The molecule has 28 heavy (non-hydrogen) atoms. The summed E-state index contributed by atoms with van der Waals surface area (Å²) in [6, 6.07) is 20.3. The first kappa shape index (κ1) is 19.8. The molecule has 0 saturated heterocycles.